The molecule has 1 aliphatic rings. The Hall–Kier alpha value is -7.42. The summed E-state index contributed by atoms with van der Waals surface area (Å²) in [7, 11) is 0. The van der Waals surface area contributed by atoms with E-state index in [1.807, 2.05) is 0 Å². The second-order valence-corrected chi connectivity index (χ2v) is 14.9. The van der Waals surface area contributed by atoms with Crippen LogP contribution in [-0.4, -0.2) is 0 Å². The average molecular weight is 727 g/mol. The first-order valence-electron chi connectivity index (χ1n) is 19.7. The molecule has 0 bridgehead atoms. The molecule has 0 atom stereocenters. The molecule has 10 aromatic rings. The smallest absolute Gasteiger partial charge is 0.0462 e. The highest BCUT2D eigenvalue weighted by molar-refractivity contribution is 6.29. The van der Waals surface area contributed by atoms with E-state index in [4.69, 9.17) is 0 Å². The summed E-state index contributed by atoms with van der Waals surface area (Å²) in [6.45, 7) is 0. The molecule has 0 spiro atoms. The molecule has 0 saturated carbocycles. The van der Waals surface area contributed by atoms with Gasteiger partial charge >= 0.3 is 0 Å². The van der Waals surface area contributed by atoms with E-state index in [0.29, 0.717) is 0 Å². The number of anilines is 6. The van der Waals surface area contributed by atoms with E-state index in [-0.39, 0.29) is 0 Å². The Morgan fingerprint density at radius 3 is 0.877 bits per heavy atom. The van der Waals surface area contributed by atoms with Crippen LogP contribution in [-0.2, 0) is 6.42 Å². The van der Waals surface area contributed by atoms with Crippen molar-refractivity contribution < 1.29 is 0 Å². The SMILES string of the molecule is c1ccc(N(c2ccccc2)c2ccc(-c3ccc4c5ccccc5c5ccc(-c6ccc(N(c7ccccc7)c7ccccc7)cc6)c6c5c4c3C6)cc2)cc1. The molecule has 2 heteroatoms. The second-order valence-electron chi connectivity index (χ2n) is 14.9. The van der Waals surface area contributed by atoms with Crippen molar-refractivity contribution in [1.29, 1.82) is 0 Å². The Morgan fingerprint density at radius 1 is 0.246 bits per heavy atom. The normalized spacial score (nSPS) is 11.8. The minimum absolute atomic E-state index is 0.884. The summed E-state index contributed by atoms with van der Waals surface area (Å²) in [6, 6.07) is 79.2. The molecule has 0 fully saturated rings. The number of fused-ring (bicyclic) bond motifs is 3. The lowest BCUT2D eigenvalue weighted by Crippen LogP contribution is -2.09. The number of nitrogens with zero attached hydrogens (tertiary/aromatic N) is 2. The first-order chi connectivity index (χ1) is 28.3. The Labute approximate surface area is 333 Å². The highest BCUT2D eigenvalue weighted by atomic mass is 15.1. The number of hydrogen-bond acceptors (Lipinski definition) is 2. The molecule has 2 nitrogen and oxygen atoms in total. The van der Waals surface area contributed by atoms with Gasteiger partial charge < -0.3 is 9.80 Å². The number of rotatable bonds is 8. The van der Waals surface area contributed by atoms with Crippen LogP contribution in [0, 0.1) is 0 Å². The van der Waals surface area contributed by atoms with Gasteiger partial charge in [-0.1, -0.05) is 146 Å². The first-order valence-corrected chi connectivity index (χ1v) is 19.7. The fourth-order valence-electron chi connectivity index (χ4n) is 9.14. The van der Waals surface area contributed by atoms with Crippen LogP contribution in [0.5, 0.6) is 0 Å². The zero-order valence-corrected chi connectivity index (χ0v) is 31.4. The maximum absolute atomic E-state index is 2.36. The fourth-order valence-corrected chi connectivity index (χ4v) is 9.14. The van der Waals surface area contributed by atoms with Crippen LogP contribution in [0.2, 0.25) is 0 Å². The molecule has 0 aliphatic heterocycles. The summed E-state index contributed by atoms with van der Waals surface area (Å²) >= 11 is 0. The summed E-state index contributed by atoms with van der Waals surface area (Å²) in [5.74, 6) is 0. The number of benzene rings is 10. The molecule has 0 N–H and O–H groups in total. The zero-order chi connectivity index (χ0) is 37.7. The van der Waals surface area contributed by atoms with Gasteiger partial charge in [0, 0.05) is 34.1 Å². The predicted molar refractivity (Wildman–Crippen MR) is 242 cm³/mol. The van der Waals surface area contributed by atoms with E-state index in [1.165, 1.54) is 65.7 Å². The van der Waals surface area contributed by atoms with Crippen LogP contribution >= 0.6 is 0 Å². The Morgan fingerprint density at radius 2 is 0.544 bits per heavy atom. The van der Waals surface area contributed by atoms with E-state index < -0.39 is 0 Å². The molecule has 0 aromatic heterocycles. The number of hydrogen-bond donors (Lipinski definition) is 0. The van der Waals surface area contributed by atoms with E-state index in [0.717, 1.165) is 40.5 Å². The fraction of sp³-hybridized carbons (Fsp3) is 0.0182. The predicted octanol–water partition coefficient (Wildman–Crippen LogP) is 15.3. The lowest BCUT2D eigenvalue weighted by atomic mass is 9.90. The van der Waals surface area contributed by atoms with E-state index >= 15 is 0 Å². The summed E-state index contributed by atoms with van der Waals surface area (Å²) in [5.41, 5.74) is 14.7. The lowest BCUT2D eigenvalue weighted by molar-refractivity contribution is 1.26. The second kappa shape index (κ2) is 13.7. The number of para-hydroxylation sites is 4. The lowest BCUT2D eigenvalue weighted by Gasteiger charge is -2.25. The molecule has 10 aromatic carbocycles. The Bertz CT molecular complexity index is 2760. The monoisotopic (exact) mass is 726 g/mol. The van der Waals surface area contributed by atoms with Crippen molar-refractivity contribution in [2.24, 2.45) is 0 Å². The first kappa shape index (κ1) is 33.0. The third-order valence-corrected chi connectivity index (χ3v) is 11.7. The summed E-state index contributed by atoms with van der Waals surface area (Å²) in [6.07, 6.45) is 0.884. The molecule has 0 radical (unpaired) electrons. The molecule has 0 saturated heterocycles. The van der Waals surface area contributed by atoms with Crippen molar-refractivity contribution in [3.8, 4) is 22.3 Å². The van der Waals surface area contributed by atoms with Gasteiger partial charge in [-0.3, -0.25) is 0 Å². The van der Waals surface area contributed by atoms with Crippen molar-refractivity contribution in [1.82, 2.24) is 0 Å². The minimum Gasteiger partial charge on any atom is -0.311 e. The highest BCUT2D eigenvalue weighted by Crippen LogP contribution is 2.50. The van der Waals surface area contributed by atoms with Crippen LogP contribution < -0.4 is 9.80 Å². The van der Waals surface area contributed by atoms with E-state index in [1.54, 1.807) is 0 Å². The summed E-state index contributed by atoms with van der Waals surface area (Å²) in [5, 5.41) is 8.09. The molecular formula is C55H38N2. The Kier molecular flexibility index (Phi) is 7.93. The molecule has 0 unspecified atom stereocenters. The van der Waals surface area contributed by atoms with Crippen molar-refractivity contribution in [3.05, 3.63) is 230 Å². The maximum Gasteiger partial charge on any atom is 0.0462 e. The topological polar surface area (TPSA) is 6.48 Å². The molecule has 0 heterocycles. The summed E-state index contributed by atoms with van der Waals surface area (Å²) in [4.78, 5) is 4.65. The van der Waals surface area contributed by atoms with Gasteiger partial charge in [-0.15, -0.1) is 0 Å². The standard InChI is InChI=1S/C55H38N2/c1-5-15-40(16-6-1)56(41-17-7-2-8-18-41)44-29-25-38(26-30-44)46-33-35-50-48-23-13-14-24-49(48)51-36-34-47(53-37-52(46)54(50)55(51)53)39-27-31-45(32-28-39)57(42-19-9-3-10-20-42)43-21-11-4-12-22-43/h1-36H,37H2. The van der Waals surface area contributed by atoms with E-state index in [9.17, 15) is 0 Å². The average Bonchev–Trinajstić information content (AvgIpc) is 3.69. The van der Waals surface area contributed by atoms with Crippen LogP contribution in [0.3, 0.4) is 0 Å². The van der Waals surface area contributed by atoms with Crippen LogP contribution in [0.15, 0.2) is 218 Å². The van der Waals surface area contributed by atoms with Crippen molar-refractivity contribution in [2.45, 2.75) is 6.42 Å². The zero-order valence-electron chi connectivity index (χ0n) is 31.4. The molecule has 268 valence electrons. The van der Waals surface area contributed by atoms with Crippen LogP contribution in [0.4, 0.5) is 34.1 Å². The molecule has 57 heavy (non-hydrogen) atoms. The van der Waals surface area contributed by atoms with Gasteiger partial charge in [-0.25, -0.2) is 0 Å². The third-order valence-electron chi connectivity index (χ3n) is 11.7. The van der Waals surface area contributed by atoms with E-state index in [2.05, 4.69) is 228 Å². The van der Waals surface area contributed by atoms with Crippen molar-refractivity contribution in [2.75, 3.05) is 9.80 Å². The minimum atomic E-state index is 0.884. The van der Waals surface area contributed by atoms with Crippen molar-refractivity contribution in [3.63, 3.8) is 0 Å². The van der Waals surface area contributed by atoms with Crippen LogP contribution in [0.1, 0.15) is 11.1 Å². The quantitative estimate of drug-likeness (QED) is 0.144. The van der Waals surface area contributed by atoms with Gasteiger partial charge in [0.05, 0.1) is 0 Å². The third kappa shape index (κ3) is 5.57. The highest BCUT2D eigenvalue weighted by Gasteiger charge is 2.26. The molecular weight excluding hydrogens is 689 g/mol. The molecule has 11 rings (SSSR count). The van der Waals surface area contributed by atoms with Gasteiger partial charge in [-0.05, 0) is 145 Å². The maximum atomic E-state index is 2.36. The summed E-state index contributed by atoms with van der Waals surface area (Å²) < 4.78 is 0. The van der Waals surface area contributed by atoms with Gasteiger partial charge in [-0.2, -0.15) is 0 Å². The van der Waals surface area contributed by atoms with Gasteiger partial charge in [0.15, 0.2) is 0 Å². The largest absolute Gasteiger partial charge is 0.311 e. The molecule has 1 aliphatic carbocycles. The van der Waals surface area contributed by atoms with Crippen molar-refractivity contribution >= 4 is 66.4 Å². The van der Waals surface area contributed by atoms with Gasteiger partial charge in [0.25, 0.3) is 0 Å². The van der Waals surface area contributed by atoms with Gasteiger partial charge in [0.1, 0.15) is 0 Å². The van der Waals surface area contributed by atoms with Crippen LogP contribution in [0.25, 0.3) is 54.6 Å². The Balaban J connectivity index is 1.02. The molecule has 0 amide bonds. The van der Waals surface area contributed by atoms with Gasteiger partial charge in [0.2, 0.25) is 0 Å².